The molecule has 1 saturated carbocycles. The number of anilines is 6. The Bertz CT molecular complexity index is 4130. The molecule has 2 atom stereocenters. The molecule has 4 heteroatoms. The molecule has 460 valence electrons. The molecule has 3 heterocycles. The molecule has 3 aliphatic carbocycles. The number of hydrogen-bond acceptors (Lipinski definition) is 3. The van der Waals surface area contributed by atoms with Crippen LogP contribution in [0.4, 0.5) is 34.1 Å². The van der Waals surface area contributed by atoms with E-state index < -0.39 is 0 Å². The maximum Gasteiger partial charge on any atom is 0.245 e. The standard InChI is InChI=1S/C86H98BN3/c1-78(2,3)55-34-39-65-63(48-55)74-76(83(65,16)17)87-73-71(88(74)68-41-36-57(80(7,8)9)46-61(68)53-30-24-22-25-31-53)51-60(90-70-43-38-59(82(13,14)15)50-67(70)85(20)44-28-29-45-86(85,90)21)52-72(73)89(69-42-37-58(81(10,11)12)47-62(69)54-32-26-23-27-33-54)75-64-49-56(79(4,5)6)35-40-66(64)84(18,19)77(75)87/h22-27,30-43,46-52H,28-29,44-45H2,1-21H3. The molecular formula is C86H98BN3. The molecule has 8 aromatic rings. The number of allylic oxidation sites excluding steroid dienone is 2. The van der Waals surface area contributed by atoms with Gasteiger partial charge in [-0.05, 0) is 163 Å². The normalized spacial score (nSPS) is 20.6. The number of benzene rings is 8. The summed E-state index contributed by atoms with van der Waals surface area (Å²) in [6.45, 7) is 51.2. The van der Waals surface area contributed by atoms with Gasteiger partial charge in [0.25, 0.3) is 0 Å². The second kappa shape index (κ2) is 19.6. The van der Waals surface area contributed by atoms with E-state index in [1.165, 1.54) is 153 Å². The quantitative estimate of drug-likeness (QED) is 0.159. The fraction of sp³-hybridized carbons (Fsp3) is 0.395. The van der Waals surface area contributed by atoms with Gasteiger partial charge in [0.1, 0.15) is 0 Å². The lowest BCUT2D eigenvalue weighted by Gasteiger charge is -2.52. The van der Waals surface area contributed by atoms with Crippen LogP contribution in [0.15, 0.2) is 175 Å². The Kier molecular flexibility index (Phi) is 13.1. The van der Waals surface area contributed by atoms with E-state index in [1.807, 2.05) is 0 Å². The minimum absolute atomic E-state index is 0.00115. The van der Waals surface area contributed by atoms with Crippen LogP contribution < -0.4 is 20.2 Å². The third-order valence-corrected chi connectivity index (χ3v) is 23.0. The average molecular weight is 1180 g/mol. The van der Waals surface area contributed by atoms with Gasteiger partial charge >= 0.3 is 0 Å². The maximum absolute atomic E-state index is 2.89. The third kappa shape index (κ3) is 8.78. The van der Waals surface area contributed by atoms with Crippen LogP contribution in [0.3, 0.4) is 0 Å². The van der Waals surface area contributed by atoms with Crippen molar-refractivity contribution in [1.82, 2.24) is 0 Å². The van der Waals surface area contributed by atoms with Gasteiger partial charge in [-0.3, -0.25) is 0 Å². The summed E-state index contributed by atoms with van der Waals surface area (Å²) in [4.78, 5) is 8.56. The van der Waals surface area contributed by atoms with Gasteiger partial charge in [0.15, 0.2) is 0 Å². The molecule has 0 amide bonds. The topological polar surface area (TPSA) is 9.72 Å². The SMILES string of the molecule is CC(C)(C)c1ccc2c(c1)C1=C(B3C4=C(c5cc(C(C)(C)C)ccc5C4(C)C)N(c4ccc(C(C)(C)C)cc4-c4ccccc4)c4cc(N5c6ccc(C(C)(C)C)cc6C6(C)CCCCC56C)cc(c43)N1c1ccc(C(C)(C)C)cc1-c1ccccc1)C2(C)C. The summed E-state index contributed by atoms with van der Waals surface area (Å²) in [6.07, 6.45) is 4.67. The first kappa shape index (κ1) is 60.3. The highest BCUT2D eigenvalue weighted by atomic mass is 15.3. The lowest BCUT2D eigenvalue weighted by Crippen LogP contribution is -2.56. The van der Waals surface area contributed by atoms with Gasteiger partial charge < -0.3 is 14.7 Å². The fourth-order valence-corrected chi connectivity index (χ4v) is 17.4. The van der Waals surface area contributed by atoms with Crippen molar-refractivity contribution in [1.29, 1.82) is 0 Å². The second-order valence-electron chi connectivity index (χ2n) is 34.6. The Hall–Kier alpha value is -7.30. The highest BCUT2D eigenvalue weighted by molar-refractivity contribution is 6.92. The van der Waals surface area contributed by atoms with Crippen LogP contribution in [0.2, 0.25) is 0 Å². The van der Waals surface area contributed by atoms with Crippen molar-refractivity contribution in [3.63, 3.8) is 0 Å². The minimum Gasteiger partial charge on any atom is -0.334 e. The zero-order valence-corrected chi connectivity index (χ0v) is 58.3. The summed E-state index contributed by atoms with van der Waals surface area (Å²) in [5.41, 5.74) is 32.0. The molecule has 0 N–H and O–H groups in total. The van der Waals surface area contributed by atoms with Crippen molar-refractivity contribution in [2.75, 3.05) is 14.7 Å². The van der Waals surface area contributed by atoms with E-state index >= 15 is 0 Å². The molecule has 90 heavy (non-hydrogen) atoms. The van der Waals surface area contributed by atoms with Crippen molar-refractivity contribution in [3.8, 4) is 22.3 Å². The van der Waals surface area contributed by atoms with Crippen molar-refractivity contribution in [2.24, 2.45) is 0 Å². The fourth-order valence-electron chi connectivity index (χ4n) is 17.4. The van der Waals surface area contributed by atoms with Gasteiger partial charge in [0.05, 0.1) is 16.9 Å². The lowest BCUT2D eigenvalue weighted by atomic mass is 9.27. The van der Waals surface area contributed by atoms with Crippen LogP contribution in [0.25, 0.3) is 33.6 Å². The van der Waals surface area contributed by atoms with Crippen LogP contribution in [0.5, 0.6) is 0 Å². The first-order valence-corrected chi connectivity index (χ1v) is 34.0. The number of hydrogen-bond donors (Lipinski definition) is 0. The van der Waals surface area contributed by atoms with Gasteiger partial charge in [-0.1, -0.05) is 271 Å². The van der Waals surface area contributed by atoms with E-state index in [0.717, 1.165) is 12.8 Å². The number of nitrogens with zero attached hydrogens (tertiary/aromatic N) is 3. The molecule has 0 aromatic heterocycles. The van der Waals surface area contributed by atoms with Gasteiger partial charge in [0, 0.05) is 72.6 Å². The molecule has 2 unspecified atom stereocenters. The average Bonchev–Trinajstić information content (AvgIpc) is 1.44. The Balaban J connectivity index is 1.21. The largest absolute Gasteiger partial charge is 0.334 e. The van der Waals surface area contributed by atoms with Crippen LogP contribution in [-0.2, 0) is 43.3 Å². The molecule has 3 aliphatic heterocycles. The smallest absolute Gasteiger partial charge is 0.245 e. The maximum atomic E-state index is 2.89. The van der Waals surface area contributed by atoms with Gasteiger partial charge in [-0.25, -0.2) is 0 Å². The van der Waals surface area contributed by atoms with Gasteiger partial charge in [-0.2, -0.15) is 0 Å². The Morgan fingerprint density at radius 2 is 0.700 bits per heavy atom. The predicted octanol–water partition coefficient (Wildman–Crippen LogP) is 22.7. The Labute approximate surface area is 541 Å². The van der Waals surface area contributed by atoms with Crippen molar-refractivity contribution in [2.45, 2.75) is 220 Å². The molecule has 0 spiro atoms. The molecular weight excluding hydrogens is 1090 g/mol. The van der Waals surface area contributed by atoms with E-state index in [1.54, 1.807) is 0 Å². The molecule has 0 bridgehead atoms. The number of rotatable bonds is 5. The first-order valence-electron chi connectivity index (χ1n) is 34.0. The summed E-state index contributed by atoms with van der Waals surface area (Å²) in [5.74, 6) is 0. The molecule has 1 fully saturated rings. The molecule has 8 aromatic carbocycles. The van der Waals surface area contributed by atoms with Crippen LogP contribution in [-0.4, -0.2) is 12.3 Å². The summed E-state index contributed by atoms with van der Waals surface area (Å²) in [6, 6.07) is 65.9. The molecule has 3 nitrogen and oxygen atoms in total. The van der Waals surface area contributed by atoms with Gasteiger partial charge in [-0.15, -0.1) is 0 Å². The van der Waals surface area contributed by atoms with E-state index in [9.17, 15) is 0 Å². The number of fused-ring (bicyclic) bond motifs is 9. The van der Waals surface area contributed by atoms with E-state index in [4.69, 9.17) is 0 Å². The summed E-state index contributed by atoms with van der Waals surface area (Å²) in [7, 11) is 0. The zero-order valence-electron chi connectivity index (χ0n) is 58.3. The Morgan fingerprint density at radius 3 is 1.10 bits per heavy atom. The van der Waals surface area contributed by atoms with Crippen LogP contribution in [0, 0.1) is 0 Å². The van der Waals surface area contributed by atoms with Crippen molar-refractivity contribution >= 4 is 57.7 Å². The van der Waals surface area contributed by atoms with Gasteiger partial charge in [0.2, 0.25) is 6.71 Å². The lowest BCUT2D eigenvalue weighted by molar-refractivity contribution is 0.195. The van der Waals surface area contributed by atoms with Crippen LogP contribution >= 0.6 is 0 Å². The molecule has 14 rings (SSSR count). The predicted molar refractivity (Wildman–Crippen MR) is 389 cm³/mol. The molecule has 0 saturated heterocycles. The highest BCUT2D eigenvalue weighted by Crippen LogP contribution is 2.67. The summed E-state index contributed by atoms with van der Waals surface area (Å²) < 4.78 is 0. The monoisotopic (exact) mass is 1180 g/mol. The minimum atomic E-state index is -0.378. The molecule has 6 aliphatic rings. The first-order chi connectivity index (χ1) is 42.1. The van der Waals surface area contributed by atoms with Crippen molar-refractivity contribution in [3.05, 3.63) is 230 Å². The van der Waals surface area contributed by atoms with Crippen molar-refractivity contribution < 1.29 is 0 Å². The summed E-state index contributed by atoms with van der Waals surface area (Å²) >= 11 is 0. The zero-order chi connectivity index (χ0) is 64.2. The van der Waals surface area contributed by atoms with Crippen LogP contribution in [0.1, 0.15) is 227 Å². The highest BCUT2D eigenvalue weighted by Gasteiger charge is 2.61. The molecule has 0 radical (unpaired) electrons. The van der Waals surface area contributed by atoms with E-state index in [-0.39, 0.29) is 55.6 Å². The second-order valence-corrected chi connectivity index (χ2v) is 34.6. The summed E-state index contributed by atoms with van der Waals surface area (Å²) in [5, 5.41) is 0. The third-order valence-electron chi connectivity index (χ3n) is 23.0. The van der Waals surface area contributed by atoms with E-state index in [2.05, 4.69) is 324 Å². The Morgan fingerprint density at radius 1 is 0.344 bits per heavy atom. The van der Waals surface area contributed by atoms with E-state index in [0.29, 0.717) is 0 Å².